The second kappa shape index (κ2) is 7.31. The van der Waals surface area contributed by atoms with Crippen molar-refractivity contribution < 1.29 is 28.9 Å². The van der Waals surface area contributed by atoms with Gasteiger partial charge in [0.1, 0.15) is 11.9 Å². The van der Waals surface area contributed by atoms with Crippen LogP contribution in [0.3, 0.4) is 0 Å². The molecule has 0 heterocycles. The van der Waals surface area contributed by atoms with E-state index in [4.69, 9.17) is 15.7 Å². The summed E-state index contributed by atoms with van der Waals surface area (Å²) in [5.74, 6) is -0.0336. The van der Waals surface area contributed by atoms with E-state index in [1.807, 2.05) is 0 Å². The number of benzene rings is 2. The highest BCUT2D eigenvalue weighted by atomic mass is 19.4. The van der Waals surface area contributed by atoms with Gasteiger partial charge < -0.3 is 10.1 Å². The Morgan fingerprint density at radius 2 is 1.86 bits per heavy atom. The van der Waals surface area contributed by atoms with Crippen molar-refractivity contribution in [3.63, 3.8) is 0 Å². The van der Waals surface area contributed by atoms with E-state index in [9.17, 15) is 13.2 Å². The molecule has 0 aliphatic heterocycles. The van der Waals surface area contributed by atoms with Crippen LogP contribution in [0.25, 0.3) is 0 Å². The lowest BCUT2D eigenvalue weighted by molar-refractivity contribution is -0.137. The molecule has 118 valence electrons. The van der Waals surface area contributed by atoms with Crippen LogP contribution < -0.4 is 10.1 Å². The molecule has 0 saturated carbocycles. The highest BCUT2D eigenvalue weighted by Gasteiger charge is 2.30. The molecule has 0 bridgehead atoms. The lowest BCUT2D eigenvalue weighted by Gasteiger charge is -2.20. The molecule has 2 nitrogen and oxygen atoms in total. The minimum atomic E-state index is -4.55. The van der Waals surface area contributed by atoms with Crippen LogP contribution in [-0.4, -0.2) is 13.5 Å². The molecule has 1 atom stereocenters. The van der Waals surface area contributed by atoms with Crippen molar-refractivity contribution in [1.82, 2.24) is 5.32 Å². The topological polar surface area (TPSA) is 21.3 Å². The first kappa shape index (κ1) is 8.58. The van der Waals surface area contributed by atoms with E-state index in [-0.39, 0.29) is 24.3 Å². The van der Waals surface area contributed by atoms with Crippen molar-refractivity contribution in [1.29, 1.82) is 0 Å². The predicted octanol–water partition coefficient (Wildman–Crippen LogP) is 4.44. The smallest absolute Gasteiger partial charge is 0.416 e. The van der Waals surface area contributed by atoms with Crippen LogP contribution in [0.5, 0.6) is 5.75 Å². The maximum Gasteiger partial charge on any atom is 0.416 e. The zero-order chi connectivity index (χ0) is 22.9. The number of nitrogens with one attached hydrogen (secondary N) is 1. The van der Waals surface area contributed by atoms with E-state index >= 15 is 0 Å². The van der Waals surface area contributed by atoms with Crippen molar-refractivity contribution in [3.8, 4) is 5.75 Å². The normalized spacial score (nSPS) is 18.7. The van der Waals surface area contributed by atoms with Gasteiger partial charge in [0.05, 0.1) is 12.4 Å². The molecule has 0 aliphatic carbocycles. The first-order chi connectivity index (χ1) is 13.7. The quantitative estimate of drug-likeness (QED) is 0.851. The fraction of sp³-hybridized carbons (Fsp3) is 0.294. The number of halogens is 3. The molecule has 0 aliphatic rings. The van der Waals surface area contributed by atoms with Crippen LogP contribution in [0.1, 0.15) is 34.6 Å². The third-order valence-corrected chi connectivity index (χ3v) is 2.83. The molecule has 0 aromatic heterocycles. The van der Waals surface area contributed by atoms with E-state index in [1.165, 1.54) is 0 Å². The maximum atomic E-state index is 12.7. The van der Waals surface area contributed by atoms with Crippen LogP contribution in [-0.2, 0) is 6.18 Å². The Kier molecular flexibility index (Phi) is 2.85. The second-order valence-corrected chi connectivity index (χ2v) is 4.38. The van der Waals surface area contributed by atoms with Crippen molar-refractivity contribution in [2.75, 3.05) is 13.5 Å². The van der Waals surface area contributed by atoms with Gasteiger partial charge in [0.2, 0.25) is 0 Å². The maximum absolute atomic E-state index is 12.7. The van der Waals surface area contributed by atoms with E-state index < -0.39 is 55.0 Å². The van der Waals surface area contributed by atoms with E-state index in [1.54, 1.807) is 0 Å². The van der Waals surface area contributed by atoms with E-state index in [2.05, 4.69) is 5.32 Å². The zero-order valence-electron chi connectivity index (χ0n) is 19.3. The number of alkyl halides is 3. The van der Waals surface area contributed by atoms with Crippen LogP contribution in [0.4, 0.5) is 13.2 Å². The summed E-state index contributed by atoms with van der Waals surface area (Å²) in [5, 5.41) is 2.23. The van der Waals surface area contributed by atoms with Gasteiger partial charge in [-0.15, -0.1) is 0 Å². The number of hydrogen-bond donors (Lipinski definition) is 1. The Morgan fingerprint density at radius 1 is 1.18 bits per heavy atom. The molecule has 2 aromatic carbocycles. The Bertz CT molecular complexity index is 871. The molecular weight excluding hydrogens is 291 g/mol. The van der Waals surface area contributed by atoms with Gasteiger partial charge in [-0.05, 0) is 43.3 Å². The fourth-order valence-electron chi connectivity index (χ4n) is 1.77. The third-order valence-electron chi connectivity index (χ3n) is 2.83. The fourth-order valence-corrected chi connectivity index (χ4v) is 1.77. The average Bonchev–Trinajstić information content (AvgIpc) is 2.63. The summed E-state index contributed by atoms with van der Waals surface area (Å²) in [4.78, 5) is 0. The molecule has 1 unspecified atom stereocenters. The molecule has 0 saturated heterocycles. The molecule has 1 N–H and O–H groups in total. The van der Waals surface area contributed by atoms with Crippen molar-refractivity contribution >= 4 is 0 Å². The molecule has 0 fully saturated rings. The van der Waals surface area contributed by atoms with Gasteiger partial charge in [0, 0.05) is 10.5 Å². The van der Waals surface area contributed by atoms with Crippen molar-refractivity contribution in [2.24, 2.45) is 0 Å². The minimum absolute atomic E-state index is 0.0336. The van der Waals surface area contributed by atoms with Gasteiger partial charge in [-0.2, -0.15) is 13.2 Å². The minimum Gasteiger partial charge on any atom is -0.486 e. The Labute approximate surface area is 139 Å². The Hall–Kier alpha value is -2.01. The van der Waals surface area contributed by atoms with E-state index in [0.717, 1.165) is 24.3 Å². The molecule has 22 heavy (non-hydrogen) atoms. The van der Waals surface area contributed by atoms with Gasteiger partial charge >= 0.3 is 6.18 Å². The molecule has 2 rings (SSSR count). The zero-order valence-corrected chi connectivity index (χ0v) is 11.3. The van der Waals surface area contributed by atoms with E-state index in [0.29, 0.717) is 0 Å². The number of rotatable bonds is 6. The standard InChI is InChI=1S/C17H18F3NO/c1-21-12-11-16(13-5-3-2-4-6-13)22-15-9-7-14(8-10-15)17(18,19)20/h2-10,16,21H,11-12H2,1H3/i1D3,2D,3D,4D,5D,6D. The monoisotopic (exact) mass is 317 g/mol. The molecule has 2 aromatic rings. The second-order valence-electron chi connectivity index (χ2n) is 4.38. The van der Waals surface area contributed by atoms with Gasteiger partial charge in [-0.1, -0.05) is 30.2 Å². The van der Waals surface area contributed by atoms with Crippen LogP contribution in [0.15, 0.2) is 54.5 Å². The summed E-state index contributed by atoms with van der Waals surface area (Å²) >= 11 is 0. The lowest BCUT2D eigenvalue weighted by Crippen LogP contribution is -2.16. The van der Waals surface area contributed by atoms with Crippen molar-refractivity contribution in [3.05, 3.63) is 65.6 Å². The summed E-state index contributed by atoms with van der Waals surface area (Å²) in [6.45, 7) is -2.64. The summed E-state index contributed by atoms with van der Waals surface area (Å²) in [6.07, 6.45) is -5.87. The third kappa shape index (κ3) is 4.49. The first-order valence-corrected chi connectivity index (χ1v) is 6.38. The van der Waals surface area contributed by atoms with Crippen LogP contribution in [0, 0.1) is 0 Å². The average molecular weight is 317 g/mol. The van der Waals surface area contributed by atoms with Crippen LogP contribution in [0.2, 0.25) is 0 Å². The Morgan fingerprint density at radius 3 is 2.45 bits per heavy atom. The predicted molar refractivity (Wildman–Crippen MR) is 79.8 cm³/mol. The Balaban J connectivity index is 2.41. The van der Waals surface area contributed by atoms with Gasteiger partial charge in [-0.3, -0.25) is 0 Å². The molecular formula is C17H18F3NO. The molecule has 0 radical (unpaired) electrons. The molecule has 5 heteroatoms. The largest absolute Gasteiger partial charge is 0.486 e. The summed E-state index contributed by atoms with van der Waals surface area (Å²) in [5.41, 5.74) is -1.12. The summed E-state index contributed by atoms with van der Waals surface area (Å²) < 4.78 is 105. The molecule has 0 spiro atoms. The highest BCUT2D eigenvalue weighted by molar-refractivity contribution is 5.30. The van der Waals surface area contributed by atoms with Gasteiger partial charge in [0.25, 0.3) is 0 Å². The summed E-state index contributed by atoms with van der Waals surface area (Å²) in [6, 6.07) is 0.780. The SMILES string of the molecule is [2H]c1c([2H])c([2H])c(C(CCNC([2H])([2H])[2H])Oc2ccc(C(F)(F)F)cc2)c([2H])c1[2H]. The van der Waals surface area contributed by atoms with Crippen LogP contribution >= 0.6 is 0 Å². The highest BCUT2D eigenvalue weighted by Crippen LogP contribution is 2.31. The molecule has 0 amide bonds. The van der Waals surface area contributed by atoms with Crippen molar-refractivity contribution in [2.45, 2.75) is 18.7 Å². The summed E-state index contributed by atoms with van der Waals surface area (Å²) in [7, 11) is 0. The van der Waals surface area contributed by atoms with Gasteiger partial charge in [0.15, 0.2) is 0 Å². The number of ether oxygens (including phenoxy) is 1. The number of hydrogen-bond acceptors (Lipinski definition) is 2. The first-order valence-electron chi connectivity index (χ1n) is 10.4. The van der Waals surface area contributed by atoms with Gasteiger partial charge in [-0.25, -0.2) is 0 Å². The lowest BCUT2D eigenvalue weighted by atomic mass is 10.1.